The van der Waals surface area contributed by atoms with Crippen LogP contribution in [-0.4, -0.2) is 19.3 Å². The summed E-state index contributed by atoms with van der Waals surface area (Å²) in [6, 6.07) is 4.72. The van der Waals surface area contributed by atoms with Crippen molar-refractivity contribution in [3.63, 3.8) is 0 Å². The number of hydrogen-bond acceptors (Lipinski definition) is 3. The van der Waals surface area contributed by atoms with Gasteiger partial charge in [0.25, 0.3) is 0 Å². The fourth-order valence-corrected chi connectivity index (χ4v) is 3.50. The number of hydrogen-bond donors (Lipinski definition) is 1. The van der Waals surface area contributed by atoms with E-state index >= 15 is 0 Å². The molecule has 3 nitrogen and oxygen atoms in total. The summed E-state index contributed by atoms with van der Waals surface area (Å²) >= 11 is 3.57. The van der Waals surface area contributed by atoms with Crippen LogP contribution in [0.3, 0.4) is 0 Å². The van der Waals surface area contributed by atoms with Crippen molar-refractivity contribution in [3.05, 3.63) is 22.2 Å². The zero-order valence-corrected chi connectivity index (χ0v) is 15.5. The molecule has 1 aromatic carbocycles. The number of ether oxygens (including phenoxy) is 2. The standard InChI is InChI=1S/C18H28BrNO2/c1-13(2)22-18-14(10-15(19)11-17(18)21-3)12-20-16-8-6-4-5-7-9-16/h10-11,13,16,20H,4-9,12H2,1-3H3. The first kappa shape index (κ1) is 17.6. The van der Waals surface area contributed by atoms with Crippen LogP contribution in [0.25, 0.3) is 0 Å². The Bertz CT molecular complexity index is 468. The lowest BCUT2D eigenvalue weighted by Gasteiger charge is -2.21. The van der Waals surface area contributed by atoms with E-state index in [1.54, 1.807) is 7.11 Å². The molecule has 0 amide bonds. The third-order valence-corrected chi connectivity index (χ3v) is 4.56. The molecule has 0 unspecified atom stereocenters. The van der Waals surface area contributed by atoms with E-state index in [4.69, 9.17) is 9.47 Å². The molecule has 0 saturated heterocycles. The van der Waals surface area contributed by atoms with Gasteiger partial charge in [-0.25, -0.2) is 0 Å². The van der Waals surface area contributed by atoms with Gasteiger partial charge >= 0.3 is 0 Å². The average Bonchev–Trinajstić information content (AvgIpc) is 2.75. The summed E-state index contributed by atoms with van der Waals surface area (Å²) < 4.78 is 12.5. The van der Waals surface area contributed by atoms with Crippen LogP contribution in [0.5, 0.6) is 11.5 Å². The number of benzene rings is 1. The van der Waals surface area contributed by atoms with E-state index in [2.05, 4.69) is 27.3 Å². The normalized spacial score (nSPS) is 16.6. The molecule has 22 heavy (non-hydrogen) atoms. The van der Waals surface area contributed by atoms with Gasteiger partial charge in [0.2, 0.25) is 0 Å². The molecule has 1 aliphatic carbocycles. The maximum atomic E-state index is 6.00. The van der Waals surface area contributed by atoms with Gasteiger partial charge < -0.3 is 14.8 Å². The monoisotopic (exact) mass is 369 g/mol. The van der Waals surface area contributed by atoms with Gasteiger partial charge in [-0.15, -0.1) is 0 Å². The van der Waals surface area contributed by atoms with Gasteiger partial charge in [0.05, 0.1) is 13.2 Å². The minimum Gasteiger partial charge on any atom is -0.493 e. The lowest BCUT2D eigenvalue weighted by atomic mass is 10.1. The first-order chi connectivity index (χ1) is 10.6. The van der Waals surface area contributed by atoms with Crippen molar-refractivity contribution in [2.24, 2.45) is 0 Å². The van der Waals surface area contributed by atoms with Crippen LogP contribution < -0.4 is 14.8 Å². The molecule has 0 spiro atoms. The maximum absolute atomic E-state index is 6.00. The van der Waals surface area contributed by atoms with Crippen molar-refractivity contribution in [1.29, 1.82) is 0 Å². The van der Waals surface area contributed by atoms with Crippen molar-refractivity contribution in [3.8, 4) is 11.5 Å². The highest BCUT2D eigenvalue weighted by atomic mass is 79.9. The van der Waals surface area contributed by atoms with Crippen molar-refractivity contribution < 1.29 is 9.47 Å². The molecule has 0 radical (unpaired) electrons. The fraction of sp³-hybridized carbons (Fsp3) is 0.667. The van der Waals surface area contributed by atoms with Crippen molar-refractivity contribution in [2.75, 3.05) is 7.11 Å². The first-order valence-electron chi connectivity index (χ1n) is 8.36. The Morgan fingerprint density at radius 2 is 1.86 bits per heavy atom. The molecule has 124 valence electrons. The maximum Gasteiger partial charge on any atom is 0.166 e. The third kappa shape index (κ3) is 5.17. The Morgan fingerprint density at radius 1 is 1.18 bits per heavy atom. The fourth-order valence-electron chi connectivity index (χ4n) is 3.01. The smallest absolute Gasteiger partial charge is 0.166 e. The van der Waals surface area contributed by atoms with Crippen LogP contribution in [0.15, 0.2) is 16.6 Å². The molecular formula is C18H28BrNO2. The highest BCUT2D eigenvalue weighted by Gasteiger charge is 2.16. The summed E-state index contributed by atoms with van der Waals surface area (Å²) in [5.41, 5.74) is 1.16. The molecule has 1 fully saturated rings. The predicted molar refractivity (Wildman–Crippen MR) is 94.8 cm³/mol. The Morgan fingerprint density at radius 3 is 2.45 bits per heavy atom. The van der Waals surface area contributed by atoms with Crippen LogP contribution in [0.4, 0.5) is 0 Å². The predicted octanol–water partition coefficient (Wildman–Crippen LogP) is 5.06. The van der Waals surface area contributed by atoms with E-state index in [0.29, 0.717) is 6.04 Å². The zero-order valence-electron chi connectivity index (χ0n) is 14.0. The topological polar surface area (TPSA) is 30.5 Å². The average molecular weight is 370 g/mol. The van der Waals surface area contributed by atoms with E-state index in [1.807, 2.05) is 19.9 Å². The lowest BCUT2D eigenvalue weighted by molar-refractivity contribution is 0.226. The summed E-state index contributed by atoms with van der Waals surface area (Å²) in [6.45, 7) is 4.91. The minimum absolute atomic E-state index is 0.131. The summed E-state index contributed by atoms with van der Waals surface area (Å²) in [4.78, 5) is 0. The van der Waals surface area contributed by atoms with Crippen molar-refractivity contribution in [2.45, 2.75) is 71.1 Å². The Hall–Kier alpha value is -0.740. The van der Waals surface area contributed by atoms with Gasteiger partial charge in [-0.3, -0.25) is 0 Å². The van der Waals surface area contributed by atoms with Gasteiger partial charge in [0.1, 0.15) is 0 Å². The number of nitrogens with one attached hydrogen (secondary N) is 1. The Kier molecular flexibility index (Phi) is 7.03. The largest absolute Gasteiger partial charge is 0.493 e. The van der Waals surface area contributed by atoms with Gasteiger partial charge in [-0.05, 0) is 38.8 Å². The van der Waals surface area contributed by atoms with Crippen LogP contribution in [0, 0.1) is 0 Å². The summed E-state index contributed by atoms with van der Waals surface area (Å²) in [6.07, 6.45) is 8.14. The van der Waals surface area contributed by atoms with Crippen LogP contribution in [0.2, 0.25) is 0 Å². The molecular weight excluding hydrogens is 342 g/mol. The molecule has 0 bridgehead atoms. The van der Waals surface area contributed by atoms with Gasteiger partial charge in [0.15, 0.2) is 11.5 Å². The number of rotatable bonds is 6. The molecule has 1 N–H and O–H groups in total. The quantitative estimate of drug-likeness (QED) is 0.711. The molecule has 2 rings (SSSR count). The lowest BCUT2D eigenvalue weighted by Crippen LogP contribution is -2.28. The highest BCUT2D eigenvalue weighted by molar-refractivity contribution is 9.10. The van der Waals surface area contributed by atoms with Crippen molar-refractivity contribution >= 4 is 15.9 Å². The van der Waals surface area contributed by atoms with E-state index in [9.17, 15) is 0 Å². The van der Waals surface area contributed by atoms with Crippen LogP contribution in [0.1, 0.15) is 57.9 Å². The van der Waals surface area contributed by atoms with E-state index in [-0.39, 0.29) is 6.10 Å². The van der Waals surface area contributed by atoms with E-state index in [0.717, 1.165) is 28.1 Å². The second-order valence-corrected chi connectivity index (χ2v) is 7.25. The Labute approximate surface area is 142 Å². The SMILES string of the molecule is COc1cc(Br)cc(CNC2CCCCCC2)c1OC(C)C. The molecule has 0 aromatic heterocycles. The molecule has 1 saturated carbocycles. The number of halogens is 1. The highest BCUT2D eigenvalue weighted by Crippen LogP contribution is 2.35. The minimum atomic E-state index is 0.131. The van der Waals surface area contributed by atoms with Crippen LogP contribution in [-0.2, 0) is 6.54 Å². The molecule has 1 aromatic rings. The molecule has 0 atom stereocenters. The second-order valence-electron chi connectivity index (χ2n) is 6.33. The zero-order chi connectivity index (χ0) is 15.9. The summed E-state index contributed by atoms with van der Waals surface area (Å²) in [7, 11) is 1.69. The number of methoxy groups -OCH3 is 1. The second kappa shape index (κ2) is 8.78. The molecule has 0 aliphatic heterocycles. The van der Waals surface area contributed by atoms with Crippen LogP contribution >= 0.6 is 15.9 Å². The van der Waals surface area contributed by atoms with Gasteiger partial charge in [-0.1, -0.05) is 41.6 Å². The summed E-state index contributed by atoms with van der Waals surface area (Å²) in [5, 5.41) is 3.71. The van der Waals surface area contributed by atoms with Gasteiger partial charge in [-0.2, -0.15) is 0 Å². The third-order valence-electron chi connectivity index (χ3n) is 4.11. The molecule has 0 heterocycles. The van der Waals surface area contributed by atoms with Crippen molar-refractivity contribution in [1.82, 2.24) is 5.32 Å². The first-order valence-corrected chi connectivity index (χ1v) is 9.16. The van der Waals surface area contributed by atoms with E-state index in [1.165, 1.54) is 38.5 Å². The molecule has 1 aliphatic rings. The summed E-state index contributed by atoms with van der Waals surface area (Å²) in [5.74, 6) is 1.66. The Balaban J connectivity index is 2.11. The van der Waals surface area contributed by atoms with E-state index < -0.39 is 0 Å². The molecule has 4 heteroatoms. The van der Waals surface area contributed by atoms with Gasteiger partial charge in [0, 0.05) is 22.6 Å².